The first-order valence-corrected chi connectivity index (χ1v) is 10.6. The molecule has 1 atom stereocenters. The van der Waals surface area contributed by atoms with E-state index in [1.165, 1.54) is 11.3 Å². The normalized spacial score (nSPS) is 17.9. The topological polar surface area (TPSA) is 56.1 Å². The van der Waals surface area contributed by atoms with Crippen LogP contribution in [0.3, 0.4) is 0 Å². The molecule has 2 aromatic carbocycles. The lowest BCUT2D eigenvalue weighted by molar-refractivity contribution is -0.112. The summed E-state index contributed by atoms with van der Waals surface area (Å²) in [6.45, 7) is 8.71. The van der Waals surface area contributed by atoms with Crippen LogP contribution in [0.25, 0.3) is 6.08 Å². The first-order valence-electron chi connectivity index (χ1n) is 9.80. The molecule has 4 nitrogen and oxygen atoms in total. The number of nitrogens with zero attached hydrogens (tertiary/aromatic N) is 2. The third-order valence-electron chi connectivity index (χ3n) is 5.86. The molecule has 2 aromatic rings. The first-order chi connectivity index (χ1) is 14.0. The number of benzene rings is 2. The van der Waals surface area contributed by atoms with E-state index in [1.807, 2.05) is 13.0 Å². The number of nitrogens with one attached hydrogen (secondary N) is 1. The lowest BCUT2D eigenvalue weighted by atomic mass is 9.79. The van der Waals surface area contributed by atoms with Gasteiger partial charge in [0, 0.05) is 24.0 Å². The Morgan fingerprint density at radius 1 is 1.27 bits per heavy atom. The number of carbonyl (C=O) groups excluding carboxylic acids is 1. The summed E-state index contributed by atoms with van der Waals surface area (Å²) in [5.41, 5.74) is 4.91. The Bertz CT molecular complexity index is 1080. The first kappa shape index (κ1) is 22.2. The Hall–Kier alpha value is -2.48. The van der Waals surface area contributed by atoms with Crippen LogP contribution < -0.4 is 10.2 Å². The number of hydrogen-bond donors (Lipinski definition) is 1. The van der Waals surface area contributed by atoms with Gasteiger partial charge in [-0.2, -0.15) is 5.26 Å². The molecule has 1 amide bonds. The smallest absolute Gasteiger partial charge is 0.266 e. The maximum absolute atomic E-state index is 12.7. The van der Waals surface area contributed by atoms with Gasteiger partial charge in [0.15, 0.2) is 0 Å². The minimum absolute atomic E-state index is 0.0290. The summed E-state index contributed by atoms with van der Waals surface area (Å²) in [6.07, 6.45) is 2.68. The molecular weight excluding hydrogens is 417 g/mol. The Morgan fingerprint density at radius 2 is 1.97 bits per heavy atom. The highest BCUT2D eigenvalue weighted by Gasteiger charge is 2.34. The quantitative estimate of drug-likeness (QED) is 0.432. The van der Waals surface area contributed by atoms with E-state index in [-0.39, 0.29) is 11.1 Å². The van der Waals surface area contributed by atoms with Crippen LogP contribution in [-0.4, -0.2) is 18.5 Å². The van der Waals surface area contributed by atoms with Crippen molar-refractivity contribution in [3.63, 3.8) is 0 Å². The van der Waals surface area contributed by atoms with E-state index in [1.54, 1.807) is 24.3 Å². The van der Waals surface area contributed by atoms with Crippen molar-refractivity contribution in [2.24, 2.45) is 0 Å². The van der Waals surface area contributed by atoms with Gasteiger partial charge in [-0.1, -0.05) is 30.1 Å². The molecule has 1 N–H and O–H groups in total. The summed E-state index contributed by atoms with van der Waals surface area (Å²) >= 11 is 11.9. The molecule has 156 valence electrons. The SMILES string of the molecule is Cc1cc2c(cc1/C=C(/C#N)C(=O)Nc1ccc(Cl)c(Cl)c1)C(C)CC(C)(C)N2C. The number of fused-ring (bicyclic) bond motifs is 1. The minimum atomic E-state index is -0.487. The molecule has 1 aliphatic rings. The molecule has 0 bridgehead atoms. The molecule has 0 saturated heterocycles. The van der Waals surface area contributed by atoms with E-state index >= 15 is 0 Å². The third-order valence-corrected chi connectivity index (χ3v) is 6.60. The summed E-state index contributed by atoms with van der Waals surface area (Å²) in [7, 11) is 2.12. The van der Waals surface area contributed by atoms with E-state index in [0.717, 1.165) is 17.5 Å². The van der Waals surface area contributed by atoms with E-state index in [4.69, 9.17) is 23.2 Å². The Labute approximate surface area is 188 Å². The number of nitriles is 1. The molecule has 1 aliphatic heterocycles. The lowest BCUT2D eigenvalue weighted by Gasteiger charge is -2.45. The predicted molar refractivity (Wildman–Crippen MR) is 125 cm³/mol. The zero-order valence-corrected chi connectivity index (χ0v) is 19.3. The fraction of sp³-hybridized carbons (Fsp3) is 0.333. The second-order valence-corrected chi connectivity index (χ2v) is 9.31. The number of anilines is 2. The van der Waals surface area contributed by atoms with Gasteiger partial charge >= 0.3 is 0 Å². The van der Waals surface area contributed by atoms with Crippen LogP contribution in [0.4, 0.5) is 11.4 Å². The Kier molecular flexibility index (Phi) is 6.17. The van der Waals surface area contributed by atoms with E-state index < -0.39 is 5.91 Å². The zero-order chi connectivity index (χ0) is 22.2. The average molecular weight is 442 g/mol. The predicted octanol–water partition coefficient (Wildman–Crippen LogP) is 6.57. The van der Waals surface area contributed by atoms with Crippen molar-refractivity contribution in [1.82, 2.24) is 0 Å². The van der Waals surface area contributed by atoms with Gasteiger partial charge < -0.3 is 10.2 Å². The summed E-state index contributed by atoms with van der Waals surface area (Å²) < 4.78 is 0. The van der Waals surface area contributed by atoms with Crippen LogP contribution >= 0.6 is 23.2 Å². The standard InChI is InChI=1S/C24H25Cl2N3O/c1-14-8-22-19(15(2)12-24(3,4)29(22)5)10-16(14)9-17(13-27)23(30)28-18-6-7-20(25)21(26)11-18/h6-11,15H,12H2,1-5H3,(H,28,30)/b17-9-. The Morgan fingerprint density at radius 3 is 2.60 bits per heavy atom. The summed E-state index contributed by atoms with van der Waals surface area (Å²) in [5, 5.41) is 13.0. The average Bonchev–Trinajstić information content (AvgIpc) is 2.67. The van der Waals surface area contributed by atoms with Gasteiger partial charge in [0.05, 0.1) is 10.0 Å². The van der Waals surface area contributed by atoms with Crippen LogP contribution in [0.15, 0.2) is 35.9 Å². The van der Waals surface area contributed by atoms with Crippen molar-refractivity contribution >= 4 is 46.6 Å². The number of rotatable bonds is 3. The highest BCUT2D eigenvalue weighted by Crippen LogP contribution is 2.43. The molecule has 6 heteroatoms. The van der Waals surface area contributed by atoms with Gasteiger partial charge in [-0.05, 0) is 86.2 Å². The van der Waals surface area contributed by atoms with Crippen LogP contribution in [0, 0.1) is 18.3 Å². The molecule has 0 spiro atoms. The van der Waals surface area contributed by atoms with E-state index in [0.29, 0.717) is 21.7 Å². The number of amides is 1. The number of halogens is 2. The molecule has 0 aromatic heterocycles. The highest BCUT2D eigenvalue weighted by atomic mass is 35.5. The maximum atomic E-state index is 12.7. The van der Waals surface area contributed by atoms with Crippen LogP contribution in [0.1, 0.15) is 49.8 Å². The molecule has 0 fully saturated rings. The zero-order valence-electron chi connectivity index (χ0n) is 17.8. The van der Waals surface area contributed by atoms with Crippen molar-refractivity contribution in [3.05, 3.63) is 62.6 Å². The summed E-state index contributed by atoms with van der Waals surface area (Å²) in [5.74, 6) is -0.103. The van der Waals surface area contributed by atoms with Crippen LogP contribution in [-0.2, 0) is 4.79 Å². The van der Waals surface area contributed by atoms with Crippen molar-refractivity contribution in [2.45, 2.75) is 45.6 Å². The molecular formula is C24H25Cl2N3O. The molecule has 30 heavy (non-hydrogen) atoms. The van der Waals surface area contributed by atoms with Crippen LogP contribution in [0.2, 0.25) is 10.0 Å². The number of carbonyl (C=O) groups is 1. The van der Waals surface area contributed by atoms with Crippen molar-refractivity contribution in [2.75, 3.05) is 17.3 Å². The Balaban J connectivity index is 1.94. The number of hydrogen-bond acceptors (Lipinski definition) is 3. The molecule has 1 unspecified atom stereocenters. The molecule has 3 rings (SSSR count). The summed E-state index contributed by atoms with van der Waals surface area (Å²) in [4.78, 5) is 15.0. The lowest BCUT2D eigenvalue weighted by Crippen LogP contribution is -2.45. The molecule has 1 heterocycles. The van der Waals surface area contributed by atoms with Gasteiger partial charge in [-0.25, -0.2) is 0 Å². The second kappa shape index (κ2) is 8.34. The summed E-state index contributed by atoms with van der Waals surface area (Å²) in [6, 6.07) is 11.1. The van der Waals surface area contributed by atoms with E-state index in [9.17, 15) is 10.1 Å². The van der Waals surface area contributed by atoms with Crippen molar-refractivity contribution in [3.8, 4) is 6.07 Å². The highest BCUT2D eigenvalue weighted by molar-refractivity contribution is 6.42. The second-order valence-electron chi connectivity index (χ2n) is 8.50. The van der Waals surface area contributed by atoms with Gasteiger partial charge in [-0.15, -0.1) is 0 Å². The largest absolute Gasteiger partial charge is 0.369 e. The molecule has 0 radical (unpaired) electrons. The molecule has 0 aliphatic carbocycles. The minimum Gasteiger partial charge on any atom is -0.369 e. The molecule has 0 saturated carbocycles. The van der Waals surface area contributed by atoms with Gasteiger partial charge in [0.1, 0.15) is 11.6 Å². The third kappa shape index (κ3) is 4.33. The van der Waals surface area contributed by atoms with Gasteiger partial charge in [0.2, 0.25) is 0 Å². The maximum Gasteiger partial charge on any atom is 0.266 e. The monoisotopic (exact) mass is 441 g/mol. The van der Waals surface area contributed by atoms with E-state index in [2.05, 4.69) is 50.2 Å². The fourth-order valence-corrected chi connectivity index (χ4v) is 4.26. The van der Waals surface area contributed by atoms with Gasteiger partial charge in [-0.3, -0.25) is 4.79 Å². The van der Waals surface area contributed by atoms with Crippen molar-refractivity contribution < 1.29 is 4.79 Å². The number of aryl methyl sites for hydroxylation is 1. The fourth-order valence-electron chi connectivity index (χ4n) is 3.97. The van der Waals surface area contributed by atoms with Crippen LogP contribution in [0.5, 0.6) is 0 Å². The van der Waals surface area contributed by atoms with Crippen molar-refractivity contribution in [1.29, 1.82) is 5.26 Å². The van der Waals surface area contributed by atoms with Gasteiger partial charge in [0.25, 0.3) is 5.91 Å².